The predicted molar refractivity (Wildman–Crippen MR) is 73.8 cm³/mol. The van der Waals surface area contributed by atoms with Crippen molar-refractivity contribution in [3.8, 4) is 0 Å². The number of halogens is 3. The van der Waals surface area contributed by atoms with Crippen molar-refractivity contribution < 1.29 is 36.1 Å². The van der Waals surface area contributed by atoms with Crippen LogP contribution >= 0.6 is 0 Å². The first-order chi connectivity index (χ1) is 10.0. The molecule has 6 nitrogen and oxygen atoms in total. The van der Waals surface area contributed by atoms with Crippen LogP contribution in [0.15, 0.2) is 29.4 Å². The second kappa shape index (κ2) is 8.71. The minimum absolute atomic E-state index is 0.0405. The molecule has 1 aromatic carbocycles. The van der Waals surface area contributed by atoms with E-state index in [1.165, 1.54) is 31.4 Å². The molecule has 0 amide bonds. The Labute approximate surface area is 126 Å². The van der Waals surface area contributed by atoms with E-state index in [1.54, 1.807) is 6.92 Å². The summed E-state index contributed by atoms with van der Waals surface area (Å²) >= 11 is 0. The molecule has 0 fully saturated rings. The summed E-state index contributed by atoms with van der Waals surface area (Å²) in [5.74, 6) is -0.330. The fourth-order valence-corrected chi connectivity index (χ4v) is 1.56. The fraction of sp³-hybridized carbons (Fsp3) is 0.417. The summed E-state index contributed by atoms with van der Waals surface area (Å²) in [5, 5.41) is 10.5. The largest absolute Gasteiger partial charge is 0.437 e. The summed E-state index contributed by atoms with van der Waals surface area (Å²) in [6.45, 7) is 1.80. The molecule has 0 bridgehead atoms. The Morgan fingerprint density at radius 1 is 1.27 bits per heavy atom. The molecule has 1 rings (SSSR count). The molecule has 126 valence electrons. The molecule has 0 spiro atoms. The maximum absolute atomic E-state index is 12.2. The highest BCUT2D eigenvalue weighted by Crippen LogP contribution is 2.22. The number of hydrogen-bond acceptors (Lipinski definition) is 5. The van der Waals surface area contributed by atoms with Crippen LogP contribution in [0.2, 0.25) is 0 Å². The molecule has 22 heavy (non-hydrogen) atoms. The summed E-state index contributed by atoms with van der Waals surface area (Å²) in [6.07, 6.45) is -4.63. The van der Waals surface area contributed by atoms with Gasteiger partial charge in [0.2, 0.25) is 0 Å². The lowest BCUT2D eigenvalue weighted by Crippen LogP contribution is -2.23. The molecule has 0 aromatic heterocycles. The van der Waals surface area contributed by atoms with Crippen molar-refractivity contribution in [3.05, 3.63) is 35.4 Å². The number of nitrogens with zero attached hydrogens (tertiary/aromatic N) is 1. The van der Waals surface area contributed by atoms with Crippen molar-refractivity contribution in [2.24, 2.45) is 5.16 Å². The van der Waals surface area contributed by atoms with Crippen LogP contribution in [0, 0.1) is 6.92 Å². The van der Waals surface area contributed by atoms with E-state index < -0.39 is 22.0 Å². The predicted octanol–water partition coefficient (Wildman–Crippen LogP) is 2.26. The van der Waals surface area contributed by atoms with Crippen LogP contribution in [0.5, 0.6) is 0 Å². The minimum atomic E-state index is -4.63. The zero-order chi connectivity index (χ0) is 17.4. The van der Waals surface area contributed by atoms with Crippen molar-refractivity contribution in [2.45, 2.75) is 13.1 Å². The molecule has 0 aliphatic heterocycles. The quantitative estimate of drug-likeness (QED) is 0.378. The van der Waals surface area contributed by atoms with Gasteiger partial charge in [0.15, 0.2) is 5.71 Å². The number of alkyl halides is 3. The maximum atomic E-state index is 12.2. The highest BCUT2D eigenvalue weighted by Gasteiger charge is 2.37. The van der Waals surface area contributed by atoms with Crippen molar-refractivity contribution in [1.29, 1.82) is 0 Å². The molecule has 0 aliphatic carbocycles. The molecule has 0 saturated heterocycles. The van der Waals surface area contributed by atoms with Crippen LogP contribution < -0.4 is 0 Å². The highest BCUT2D eigenvalue weighted by atomic mass is 32.2. The third-order valence-electron chi connectivity index (χ3n) is 2.24. The number of oxime groups is 1. The average molecular weight is 343 g/mol. The molecule has 10 heteroatoms. The van der Waals surface area contributed by atoms with E-state index in [-0.39, 0.29) is 17.9 Å². The SMILES string of the molecule is COCCS(=O)(=O)O.Cc1ccc(/C(=N/O)C(F)(F)F)cc1. The number of ether oxygens (including phenoxy) is 1. The van der Waals surface area contributed by atoms with Gasteiger partial charge in [-0.1, -0.05) is 35.0 Å². The molecular formula is C12H16F3NO5S. The van der Waals surface area contributed by atoms with Crippen LogP contribution in [0.3, 0.4) is 0 Å². The lowest BCUT2D eigenvalue weighted by molar-refractivity contribution is -0.0601. The van der Waals surface area contributed by atoms with Gasteiger partial charge in [0.05, 0.1) is 12.4 Å². The lowest BCUT2D eigenvalue weighted by atomic mass is 10.1. The Balaban J connectivity index is 0.000000472. The van der Waals surface area contributed by atoms with Crippen LogP contribution in [0.1, 0.15) is 11.1 Å². The second-order valence-corrected chi connectivity index (χ2v) is 5.66. The van der Waals surface area contributed by atoms with E-state index in [2.05, 4.69) is 9.89 Å². The summed E-state index contributed by atoms with van der Waals surface area (Å²) in [6, 6.07) is 5.56. The van der Waals surface area contributed by atoms with E-state index in [0.29, 0.717) is 0 Å². The first kappa shape index (κ1) is 20.3. The van der Waals surface area contributed by atoms with E-state index in [9.17, 15) is 21.6 Å². The molecule has 0 unspecified atom stereocenters. The Morgan fingerprint density at radius 3 is 2.05 bits per heavy atom. The maximum Gasteiger partial charge on any atom is 0.437 e. The molecule has 0 aliphatic rings. The normalized spacial score (nSPS) is 12.5. The van der Waals surface area contributed by atoms with E-state index in [1.807, 2.05) is 0 Å². The van der Waals surface area contributed by atoms with Crippen molar-refractivity contribution in [1.82, 2.24) is 0 Å². The first-order valence-electron chi connectivity index (χ1n) is 5.81. The number of rotatable bonds is 4. The van der Waals surface area contributed by atoms with Gasteiger partial charge in [0, 0.05) is 12.7 Å². The van der Waals surface area contributed by atoms with Gasteiger partial charge in [-0.3, -0.25) is 4.55 Å². The van der Waals surface area contributed by atoms with Crippen LogP contribution in [-0.2, 0) is 14.9 Å². The number of benzene rings is 1. The van der Waals surface area contributed by atoms with Crippen molar-refractivity contribution >= 4 is 15.8 Å². The summed E-state index contributed by atoms with van der Waals surface area (Å²) in [5.41, 5.74) is -0.587. The summed E-state index contributed by atoms with van der Waals surface area (Å²) in [7, 11) is -2.45. The lowest BCUT2D eigenvalue weighted by Gasteiger charge is -2.08. The van der Waals surface area contributed by atoms with Gasteiger partial charge in [-0.15, -0.1) is 0 Å². The second-order valence-electron chi connectivity index (χ2n) is 4.09. The molecule has 0 heterocycles. The Hall–Kier alpha value is -1.65. The molecule has 2 N–H and O–H groups in total. The third kappa shape index (κ3) is 8.60. The van der Waals surface area contributed by atoms with Crippen LogP contribution in [0.4, 0.5) is 13.2 Å². The van der Waals surface area contributed by atoms with E-state index >= 15 is 0 Å². The summed E-state index contributed by atoms with van der Waals surface area (Å²) < 4.78 is 68.8. The van der Waals surface area contributed by atoms with E-state index in [0.717, 1.165) is 5.56 Å². The Morgan fingerprint density at radius 2 is 1.77 bits per heavy atom. The van der Waals surface area contributed by atoms with Gasteiger partial charge in [0.1, 0.15) is 0 Å². The minimum Gasteiger partial charge on any atom is -0.410 e. The summed E-state index contributed by atoms with van der Waals surface area (Å²) in [4.78, 5) is 0. The zero-order valence-corrected chi connectivity index (χ0v) is 12.6. The van der Waals surface area contributed by atoms with Gasteiger partial charge in [-0.05, 0) is 6.92 Å². The van der Waals surface area contributed by atoms with Crippen molar-refractivity contribution in [2.75, 3.05) is 19.5 Å². The number of methoxy groups -OCH3 is 1. The van der Waals surface area contributed by atoms with E-state index in [4.69, 9.17) is 9.76 Å². The van der Waals surface area contributed by atoms with Gasteiger partial charge in [-0.2, -0.15) is 21.6 Å². The fourth-order valence-electron chi connectivity index (χ4n) is 1.18. The number of aryl methyl sites for hydroxylation is 1. The molecular weight excluding hydrogens is 327 g/mol. The zero-order valence-electron chi connectivity index (χ0n) is 11.8. The molecule has 0 saturated carbocycles. The number of hydrogen-bond donors (Lipinski definition) is 2. The first-order valence-corrected chi connectivity index (χ1v) is 7.42. The Kier molecular flexibility index (Phi) is 8.06. The molecule has 0 atom stereocenters. The standard InChI is InChI=1S/C9H8F3NO.C3H8O4S/c1-6-2-4-7(5-3-6)8(13-14)9(10,11)12;1-7-2-3-8(4,5)6/h2-5,14H,1H3;2-3H2,1H3,(H,4,5,6)/b13-8-;. The van der Waals surface area contributed by atoms with Crippen LogP contribution in [0.25, 0.3) is 0 Å². The van der Waals surface area contributed by atoms with Crippen LogP contribution in [-0.4, -0.2) is 49.5 Å². The average Bonchev–Trinajstić information content (AvgIpc) is 2.38. The third-order valence-corrected chi connectivity index (χ3v) is 2.92. The van der Waals surface area contributed by atoms with Gasteiger partial charge in [0.25, 0.3) is 10.1 Å². The van der Waals surface area contributed by atoms with Crippen molar-refractivity contribution in [3.63, 3.8) is 0 Å². The van der Waals surface area contributed by atoms with Gasteiger partial charge >= 0.3 is 6.18 Å². The van der Waals surface area contributed by atoms with Gasteiger partial charge < -0.3 is 9.94 Å². The Bertz CT molecular complexity index is 582. The topological polar surface area (TPSA) is 96.2 Å². The smallest absolute Gasteiger partial charge is 0.410 e. The monoisotopic (exact) mass is 343 g/mol. The highest BCUT2D eigenvalue weighted by molar-refractivity contribution is 7.85. The molecule has 0 radical (unpaired) electrons. The molecule has 1 aromatic rings. The van der Waals surface area contributed by atoms with Gasteiger partial charge in [-0.25, -0.2) is 0 Å².